The number of alkyl halides is 3. The van der Waals surface area contributed by atoms with Crippen LogP contribution < -0.4 is 5.32 Å². The second kappa shape index (κ2) is 5.76. The van der Waals surface area contributed by atoms with Gasteiger partial charge in [0, 0.05) is 12.8 Å². The molecule has 24 heavy (non-hydrogen) atoms. The van der Waals surface area contributed by atoms with E-state index in [9.17, 15) is 31.2 Å². The minimum Gasteiger partial charge on any atom is -0.319 e. The molecule has 0 saturated carbocycles. The smallest absolute Gasteiger partial charge is 0.319 e. The molecule has 0 unspecified atom stereocenters. The van der Waals surface area contributed by atoms with Crippen molar-refractivity contribution in [2.24, 2.45) is 0 Å². The maximum Gasteiger partial charge on any atom is 0.416 e. The van der Waals surface area contributed by atoms with Crippen LogP contribution in [0, 0.1) is 0 Å². The zero-order valence-corrected chi connectivity index (χ0v) is 13.7. The van der Waals surface area contributed by atoms with Gasteiger partial charge in [0.1, 0.15) is 15.4 Å². The quantitative estimate of drug-likeness (QED) is 0.821. The minimum atomic E-state index is -4.59. The molecule has 0 radical (unpaired) electrons. The number of benzene rings is 1. The van der Waals surface area contributed by atoms with Gasteiger partial charge in [-0.25, -0.2) is 13.2 Å². The molecule has 1 saturated heterocycles. The maximum absolute atomic E-state index is 12.8. The maximum atomic E-state index is 12.8. The number of rotatable bonds is 4. The summed E-state index contributed by atoms with van der Waals surface area (Å²) >= 11 is 0. The van der Waals surface area contributed by atoms with Crippen molar-refractivity contribution in [2.75, 3.05) is 18.6 Å². The highest BCUT2D eigenvalue weighted by atomic mass is 32.2. The van der Waals surface area contributed by atoms with Gasteiger partial charge in [-0.2, -0.15) is 13.2 Å². The molecule has 1 heterocycles. The van der Waals surface area contributed by atoms with Crippen LogP contribution in [0.25, 0.3) is 0 Å². The molecule has 1 aliphatic heterocycles. The third-order valence-electron chi connectivity index (χ3n) is 3.73. The number of sulfone groups is 1. The van der Waals surface area contributed by atoms with Crippen molar-refractivity contribution in [2.45, 2.75) is 18.6 Å². The van der Waals surface area contributed by atoms with Crippen LogP contribution in [0.5, 0.6) is 0 Å². The van der Waals surface area contributed by atoms with Gasteiger partial charge in [-0.15, -0.1) is 0 Å². The largest absolute Gasteiger partial charge is 0.416 e. The van der Waals surface area contributed by atoms with E-state index in [0.717, 1.165) is 24.5 Å². The number of hydrogen-bond acceptors (Lipinski definition) is 4. The fraction of sp³-hybridized carbons (Fsp3) is 0.429. The van der Waals surface area contributed by atoms with Crippen molar-refractivity contribution < 1.29 is 31.2 Å². The van der Waals surface area contributed by atoms with Gasteiger partial charge in [-0.1, -0.05) is 12.1 Å². The Balaban J connectivity index is 2.34. The normalized spacial score (nSPS) is 22.0. The van der Waals surface area contributed by atoms with Crippen LogP contribution in [0.15, 0.2) is 24.3 Å². The van der Waals surface area contributed by atoms with Crippen LogP contribution in [-0.2, 0) is 26.3 Å². The molecule has 0 bridgehead atoms. The van der Waals surface area contributed by atoms with Crippen LogP contribution in [-0.4, -0.2) is 43.8 Å². The number of hydrogen-bond donors (Lipinski definition) is 1. The highest BCUT2D eigenvalue weighted by molar-refractivity contribution is 7.90. The van der Waals surface area contributed by atoms with Gasteiger partial charge in [0.2, 0.25) is 0 Å². The molecule has 1 aromatic rings. The number of nitrogens with zero attached hydrogens (tertiary/aromatic N) is 1. The van der Waals surface area contributed by atoms with Crippen molar-refractivity contribution in [1.82, 2.24) is 10.2 Å². The zero-order chi connectivity index (χ0) is 18.3. The van der Waals surface area contributed by atoms with Crippen molar-refractivity contribution in [3.8, 4) is 0 Å². The van der Waals surface area contributed by atoms with E-state index >= 15 is 0 Å². The Bertz CT molecular complexity index is 791. The highest BCUT2D eigenvalue weighted by Crippen LogP contribution is 2.34. The minimum absolute atomic E-state index is 0.0301. The van der Waals surface area contributed by atoms with Crippen LogP contribution in [0.2, 0.25) is 0 Å². The van der Waals surface area contributed by atoms with E-state index in [2.05, 4.69) is 5.32 Å². The summed E-state index contributed by atoms with van der Waals surface area (Å²) in [6.07, 6.45) is -3.63. The lowest BCUT2D eigenvalue weighted by Crippen LogP contribution is -2.41. The summed E-state index contributed by atoms with van der Waals surface area (Å²) in [6.45, 7) is 0.918. The summed E-state index contributed by atoms with van der Waals surface area (Å²) in [6, 6.07) is 3.24. The molecule has 10 heteroatoms. The van der Waals surface area contributed by atoms with Crippen LogP contribution in [0.1, 0.15) is 18.1 Å². The molecule has 3 amide bonds. The number of nitrogens with one attached hydrogen (secondary N) is 1. The molecule has 132 valence electrons. The van der Waals surface area contributed by atoms with Gasteiger partial charge < -0.3 is 5.32 Å². The van der Waals surface area contributed by atoms with E-state index < -0.39 is 44.8 Å². The van der Waals surface area contributed by atoms with Gasteiger partial charge in [0.05, 0.1) is 11.3 Å². The molecule has 1 N–H and O–H groups in total. The summed E-state index contributed by atoms with van der Waals surface area (Å²) in [5.41, 5.74) is -2.66. The Labute approximate surface area is 136 Å². The van der Waals surface area contributed by atoms with Crippen molar-refractivity contribution in [3.05, 3.63) is 35.4 Å². The van der Waals surface area contributed by atoms with Gasteiger partial charge in [-0.05, 0) is 24.6 Å². The number of urea groups is 1. The molecule has 1 fully saturated rings. The first-order valence-electron chi connectivity index (χ1n) is 6.84. The molecule has 0 aromatic heterocycles. The highest BCUT2D eigenvalue weighted by Gasteiger charge is 2.49. The second-order valence-electron chi connectivity index (χ2n) is 5.72. The number of carbonyl (C=O) groups excluding carboxylic acids is 2. The second-order valence-corrected chi connectivity index (χ2v) is 7.98. The first kappa shape index (κ1) is 18.2. The van der Waals surface area contributed by atoms with E-state index in [1.165, 1.54) is 13.0 Å². The van der Waals surface area contributed by atoms with Crippen LogP contribution in [0.3, 0.4) is 0 Å². The lowest BCUT2D eigenvalue weighted by atomic mass is 9.90. The zero-order valence-electron chi connectivity index (χ0n) is 12.8. The number of halogens is 3. The number of amides is 3. The summed E-state index contributed by atoms with van der Waals surface area (Å²) < 4.78 is 60.9. The molecule has 1 aromatic carbocycles. The van der Waals surface area contributed by atoms with Crippen molar-refractivity contribution in [3.63, 3.8) is 0 Å². The molecular formula is C14H15F3N2O4S. The van der Waals surface area contributed by atoms with Crippen LogP contribution >= 0.6 is 0 Å². The lowest BCUT2D eigenvalue weighted by molar-refractivity contribution is -0.138. The van der Waals surface area contributed by atoms with E-state index in [4.69, 9.17) is 0 Å². The SMILES string of the molecule is C[C@]1(c2cccc(C(F)(F)F)c2)NC(=O)N(CCS(C)(=O)=O)C1=O. The average molecular weight is 364 g/mol. The summed E-state index contributed by atoms with van der Waals surface area (Å²) in [7, 11) is -3.41. The number of imide groups is 1. The molecular weight excluding hydrogens is 349 g/mol. The fourth-order valence-electron chi connectivity index (χ4n) is 2.36. The Morgan fingerprint density at radius 2 is 1.88 bits per heavy atom. The Morgan fingerprint density at radius 1 is 1.25 bits per heavy atom. The molecule has 2 rings (SSSR count). The standard InChI is InChI=1S/C14H15F3N2O4S/c1-13(9-4-3-5-10(8-9)14(15,16)17)11(20)19(12(21)18-13)6-7-24(2,22)23/h3-5,8H,6-7H2,1-2H3,(H,18,21)/t13-/m1/s1. The van der Waals surface area contributed by atoms with Gasteiger partial charge in [0.25, 0.3) is 5.91 Å². The molecule has 1 aliphatic rings. The topological polar surface area (TPSA) is 83.6 Å². The molecule has 0 aliphatic carbocycles. The molecule has 1 atom stereocenters. The summed E-state index contributed by atoms with van der Waals surface area (Å²) in [5, 5.41) is 2.34. The van der Waals surface area contributed by atoms with Gasteiger partial charge >= 0.3 is 12.2 Å². The molecule has 0 spiro atoms. The van der Waals surface area contributed by atoms with Crippen molar-refractivity contribution >= 4 is 21.8 Å². The predicted octanol–water partition coefficient (Wildman–Crippen LogP) is 1.52. The first-order valence-corrected chi connectivity index (χ1v) is 8.90. The summed E-state index contributed by atoms with van der Waals surface area (Å²) in [5.74, 6) is -1.22. The third-order valence-corrected chi connectivity index (χ3v) is 4.65. The third kappa shape index (κ3) is 3.53. The van der Waals surface area contributed by atoms with E-state index in [1.807, 2.05) is 0 Å². The van der Waals surface area contributed by atoms with E-state index in [1.54, 1.807) is 0 Å². The Hall–Kier alpha value is -2.10. The Morgan fingerprint density at radius 3 is 2.42 bits per heavy atom. The fourth-order valence-corrected chi connectivity index (χ4v) is 2.87. The predicted molar refractivity (Wildman–Crippen MR) is 78.8 cm³/mol. The average Bonchev–Trinajstić information content (AvgIpc) is 2.66. The van der Waals surface area contributed by atoms with E-state index in [0.29, 0.717) is 4.90 Å². The lowest BCUT2D eigenvalue weighted by Gasteiger charge is -2.23. The summed E-state index contributed by atoms with van der Waals surface area (Å²) in [4.78, 5) is 25.1. The Kier molecular flexibility index (Phi) is 4.38. The van der Waals surface area contributed by atoms with E-state index in [-0.39, 0.29) is 12.1 Å². The van der Waals surface area contributed by atoms with Gasteiger partial charge in [-0.3, -0.25) is 9.69 Å². The molecule has 6 nitrogen and oxygen atoms in total. The van der Waals surface area contributed by atoms with Gasteiger partial charge in [0.15, 0.2) is 0 Å². The number of carbonyl (C=O) groups is 2. The monoisotopic (exact) mass is 364 g/mol. The van der Waals surface area contributed by atoms with Crippen molar-refractivity contribution in [1.29, 1.82) is 0 Å². The first-order chi connectivity index (χ1) is 10.8. The van der Waals surface area contributed by atoms with Crippen LogP contribution in [0.4, 0.5) is 18.0 Å².